The number of hydrogen-bond acceptors (Lipinski definition) is 8. The third-order valence-electron chi connectivity index (χ3n) is 4.86. The molecule has 0 spiro atoms. The Morgan fingerprint density at radius 1 is 1.25 bits per heavy atom. The van der Waals surface area contributed by atoms with Crippen molar-refractivity contribution in [2.24, 2.45) is 0 Å². The van der Waals surface area contributed by atoms with Crippen LogP contribution in [-0.2, 0) is 11.3 Å². The Morgan fingerprint density at radius 2 is 2.14 bits per heavy atom. The van der Waals surface area contributed by atoms with E-state index in [-0.39, 0.29) is 6.04 Å². The fourth-order valence-electron chi connectivity index (χ4n) is 3.42. The second-order valence-corrected chi connectivity index (χ2v) is 6.79. The minimum absolute atomic E-state index is 0.150. The number of likely N-dealkylation sites (tertiary alicyclic amines) is 1. The quantitative estimate of drug-likeness (QED) is 0.597. The Labute approximate surface area is 164 Å². The van der Waals surface area contributed by atoms with Crippen LogP contribution in [-0.4, -0.2) is 51.8 Å². The summed E-state index contributed by atoms with van der Waals surface area (Å²) in [4.78, 5) is 15.5. The zero-order valence-electron chi connectivity index (χ0n) is 15.9. The highest BCUT2D eigenvalue weighted by molar-refractivity contribution is 5.55. The van der Waals surface area contributed by atoms with E-state index in [0.717, 1.165) is 37.3 Å². The predicted molar refractivity (Wildman–Crippen MR) is 105 cm³/mol. The number of pyridine rings is 2. The molecule has 0 amide bonds. The van der Waals surface area contributed by atoms with Gasteiger partial charge in [0.15, 0.2) is 0 Å². The zero-order valence-corrected chi connectivity index (χ0v) is 15.9. The van der Waals surface area contributed by atoms with Crippen LogP contribution >= 0.6 is 0 Å². The van der Waals surface area contributed by atoms with E-state index in [1.54, 1.807) is 13.3 Å². The van der Waals surface area contributed by atoms with Gasteiger partial charge in [0.1, 0.15) is 5.82 Å². The average Bonchev–Trinajstić information content (AvgIpc) is 3.39. The van der Waals surface area contributed by atoms with Gasteiger partial charge in [-0.15, -0.1) is 0 Å². The van der Waals surface area contributed by atoms with E-state index >= 15 is 0 Å². The number of ether oxygens (including phenoxy) is 1. The maximum atomic E-state index is 5.61. The van der Waals surface area contributed by atoms with E-state index in [1.807, 2.05) is 36.7 Å². The zero-order chi connectivity index (χ0) is 19.2. The van der Waals surface area contributed by atoms with Gasteiger partial charge in [0.2, 0.25) is 11.7 Å². The molecule has 8 heteroatoms. The summed E-state index contributed by atoms with van der Waals surface area (Å²) in [6.45, 7) is 3.22. The molecule has 1 atom stereocenters. The number of rotatable bonds is 8. The molecule has 1 aliphatic rings. The summed E-state index contributed by atoms with van der Waals surface area (Å²) < 4.78 is 10.6. The number of anilines is 1. The van der Waals surface area contributed by atoms with Gasteiger partial charge in [0.05, 0.1) is 12.6 Å². The van der Waals surface area contributed by atoms with Gasteiger partial charge in [-0.2, -0.15) is 4.98 Å². The molecule has 3 aromatic heterocycles. The van der Waals surface area contributed by atoms with Crippen LogP contribution in [0.1, 0.15) is 30.3 Å². The lowest BCUT2D eigenvalue weighted by molar-refractivity contribution is 0.201. The van der Waals surface area contributed by atoms with Crippen LogP contribution in [0.2, 0.25) is 0 Å². The van der Waals surface area contributed by atoms with Gasteiger partial charge in [-0.05, 0) is 49.2 Å². The van der Waals surface area contributed by atoms with Crippen molar-refractivity contribution >= 4 is 5.82 Å². The average molecular weight is 380 g/mol. The van der Waals surface area contributed by atoms with Crippen LogP contribution in [0.5, 0.6) is 0 Å². The van der Waals surface area contributed by atoms with Crippen molar-refractivity contribution in [2.75, 3.05) is 32.1 Å². The molecule has 3 aromatic rings. The molecule has 0 aliphatic carbocycles. The molecule has 28 heavy (non-hydrogen) atoms. The number of aromatic nitrogens is 4. The Kier molecular flexibility index (Phi) is 5.89. The smallest absolute Gasteiger partial charge is 0.244 e. The topological polar surface area (TPSA) is 89.2 Å². The summed E-state index contributed by atoms with van der Waals surface area (Å²) in [6.07, 6.45) is 7.55. The Bertz CT molecular complexity index is 868. The van der Waals surface area contributed by atoms with Gasteiger partial charge in [0, 0.05) is 44.4 Å². The lowest BCUT2D eigenvalue weighted by atomic mass is 10.2. The van der Waals surface area contributed by atoms with Crippen LogP contribution in [0.4, 0.5) is 5.82 Å². The molecule has 4 rings (SSSR count). The van der Waals surface area contributed by atoms with E-state index in [0.29, 0.717) is 24.9 Å². The summed E-state index contributed by atoms with van der Waals surface area (Å²) >= 11 is 0. The summed E-state index contributed by atoms with van der Waals surface area (Å²) in [7, 11) is 1.68. The van der Waals surface area contributed by atoms with Crippen LogP contribution in [0.3, 0.4) is 0 Å². The summed E-state index contributed by atoms with van der Waals surface area (Å²) in [6, 6.07) is 8.09. The molecule has 1 fully saturated rings. The summed E-state index contributed by atoms with van der Waals surface area (Å²) in [5.74, 6) is 2.04. The van der Waals surface area contributed by atoms with E-state index in [1.165, 1.54) is 5.56 Å². The van der Waals surface area contributed by atoms with Crippen molar-refractivity contribution < 1.29 is 9.26 Å². The van der Waals surface area contributed by atoms with Gasteiger partial charge in [0.25, 0.3) is 0 Å². The molecular formula is C20H24N6O2. The molecule has 4 heterocycles. The first-order chi connectivity index (χ1) is 13.8. The second-order valence-electron chi connectivity index (χ2n) is 6.79. The van der Waals surface area contributed by atoms with Crippen LogP contribution < -0.4 is 5.32 Å². The lowest BCUT2D eigenvalue weighted by Gasteiger charge is -2.21. The second kappa shape index (κ2) is 8.90. The maximum absolute atomic E-state index is 5.61. The van der Waals surface area contributed by atoms with E-state index < -0.39 is 0 Å². The first-order valence-corrected chi connectivity index (χ1v) is 9.49. The first kappa shape index (κ1) is 18.5. The fourth-order valence-corrected chi connectivity index (χ4v) is 3.42. The molecule has 1 saturated heterocycles. The number of hydrogen-bond donors (Lipinski definition) is 1. The van der Waals surface area contributed by atoms with Gasteiger partial charge in [-0.3, -0.25) is 9.88 Å². The van der Waals surface area contributed by atoms with Crippen molar-refractivity contribution in [3.8, 4) is 11.4 Å². The number of nitrogens with one attached hydrogen (secondary N) is 1. The monoisotopic (exact) mass is 380 g/mol. The molecule has 8 nitrogen and oxygen atoms in total. The van der Waals surface area contributed by atoms with Crippen LogP contribution in [0.25, 0.3) is 11.4 Å². The minimum atomic E-state index is 0.150. The van der Waals surface area contributed by atoms with E-state index in [2.05, 4.69) is 30.3 Å². The van der Waals surface area contributed by atoms with Gasteiger partial charge >= 0.3 is 0 Å². The third kappa shape index (κ3) is 4.35. The summed E-state index contributed by atoms with van der Waals surface area (Å²) in [5, 5.41) is 7.37. The third-order valence-corrected chi connectivity index (χ3v) is 4.86. The lowest BCUT2D eigenvalue weighted by Crippen LogP contribution is -2.23. The van der Waals surface area contributed by atoms with Crippen LogP contribution in [0.15, 0.2) is 47.4 Å². The Morgan fingerprint density at radius 3 is 2.93 bits per heavy atom. The predicted octanol–water partition coefficient (Wildman–Crippen LogP) is 2.92. The first-order valence-electron chi connectivity index (χ1n) is 9.49. The van der Waals surface area contributed by atoms with Crippen molar-refractivity contribution in [1.82, 2.24) is 25.0 Å². The SMILES string of the molecule is COCCNc1ccc(-c2noc(C3CCCN3Cc3ccncc3)n2)cn1. The molecule has 0 saturated carbocycles. The number of methoxy groups -OCH3 is 1. The van der Waals surface area contributed by atoms with Crippen molar-refractivity contribution in [2.45, 2.75) is 25.4 Å². The Hall–Kier alpha value is -2.84. The van der Waals surface area contributed by atoms with Crippen molar-refractivity contribution in [3.05, 3.63) is 54.3 Å². The van der Waals surface area contributed by atoms with Gasteiger partial charge in [-0.1, -0.05) is 5.16 Å². The van der Waals surface area contributed by atoms with Gasteiger partial charge in [-0.25, -0.2) is 4.98 Å². The highest BCUT2D eigenvalue weighted by Crippen LogP contribution is 2.33. The largest absolute Gasteiger partial charge is 0.383 e. The summed E-state index contributed by atoms with van der Waals surface area (Å²) in [5.41, 5.74) is 2.08. The normalized spacial score (nSPS) is 17.1. The molecule has 1 aliphatic heterocycles. The van der Waals surface area contributed by atoms with E-state index in [4.69, 9.17) is 9.26 Å². The molecule has 0 radical (unpaired) electrons. The molecule has 1 unspecified atom stereocenters. The number of nitrogens with zero attached hydrogens (tertiary/aromatic N) is 5. The Balaban J connectivity index is 1.43. The maximum Gasteiger partial charge on any atom is 0.244 e. The van der Waals surface area contributed by atoms with E-state index in [9.17, 15) is 0 Å². The molecule has 0 aromatic carbocycles. The van der Waals surface area contributed by atoms with Crippen molar-refractivity contribution in [1.29, 1.82) is 0 Å². The highest BCUT2D eigenvalue weighted by atomic mass is 16.5. The van der Waals surface area contributed by atoms with Crippen LogP contribution in [0, 0.1) is 0 Å². The molecule has 1 N–H and O–H groups in total. The molecular weight excluding hydrogens is 356 g/mol. The van der Waals surface area contributed by atoms with Crippen molar-refractivity contribution in [3.63, 3.8) is 0 Å². The molecule has 146 valence electrons. The highest BCUT2D eigenvalue weighted by Gasteiger charge is 2.30. The standard InChI is InChI=1S/C20H24N6O2/c1-27-12-10-22-18-5-4-16(13-23-18)19-24-20(28-25-19)17-3-2-11-26(17)14-15-6-8-21-9-7-15/h4-9,13,17H,2-3,10-12,14H2,1H3,(H,22,23). The van der Waals surface area contributed by atoms with Gasteiger partial charge < -0.3 is 14.6 Å². The minimum Gasteiger partial charge on any atom is -0.383 e. The molecule has 0 bridgehead atoms. The fraction of sp³-hybridized carbons (Fsp3) is 0.400.